The second kappa shape index (κ2) is 7.80. The lowest BCUT2D eigenvalue weighted by Crippen LogP contribution is -2.54. The average molecular weight is 343 g/mol. The van der Waals surface area contributed by atoms with Gasteiger partial charge in [-0.25, -0.2) is 0 Å². The summed E-state index contributed by atoms with van der Waals surface area (Å²) in [4.78, 5) is 21.4. The lowest BCUT2D eigenvalue weighted by Gasteiger charge is -2.41. The number of aliphatic hydroxyl groups is 1. The standard InChI is InChI=1S/C19H25N3O3/c1-14-7-11-25-18(14)19(24)22-9-8-21(17(13-22)6-10-23)12-16-5-3-4-15(2)20-16/h3-5,7,11,17,23H,6,8-10,12-13H2,1-2H3/t17-/m0/s1. The smallest absolute Gasteiger partial charge is 0.289 e. The quantitative estimate of drug-likeness (QED) is 0.899. The fourth-order valence-corrected chi connectivity index (χ4v) is 3.34. The van der Waals surface area contributed by atoms with Gasteiger partial charge in [0, 0.05) is 50.1 Å². The highest BCUT2D eigenvalue weighted by atomic mass is 16.3. The topological polar surface area (TPSA) is 69.8 Å². The van der Waals surface area contributed by atoms with Crippen LogP contribution < -0.4 is 0 Å². The van der Waals surface area contributed by atoms with Crippen molar-refractivity contribution >= 4 is 5.91 Å². The van der Waals surface area contributed by atoms with Gasteiger partial charge in [-0.3, -0.25) is 14.7 Å². The molecular formula is C19H25N3O3. The maximum Gasteiger partial charge on any atom is 0.289 e. The van der Waals surface area contributed by atoms with E-state index in [0.29, 0.717) is 25.3 Å². The molecule has 1 aliphatic rings. The van der Waals surface area contributed by atoms with Crippen molar-refractivity contribution in [3.8, 4) is 0 Å². The summed E-state index contributed by atoms with van der Waals surface area (Å²) < 4.78 is 5.35. The minimum absolute atomic E-state index is 0.0706. The normalized spacial score (nSPS) is 18.5. The largest absolute Gasteiger partial charge is 0.459 e. The zero-order chi connectivity index (χ0) is 17.8. The number of carbonyl (C=O) groups excluding carboxylic acids is 1. The molecule has 1 amide bonds. The first-order chi connectivity index (χ1) is 12.1. The molecule has 2 aromatic heterocycles. The molecule has 6 heteroatoms. The molecule has 3 heterocycles. The first-order valence-electron chi connectivity index (χ1n) is 8.69. The van der Waals surface area contributed by atoms with Crippen LogP contribution in [0.15, 0.2) is 34.9 Å². The predicted octanol–water partition coefficient (Wildman–Crippen LogP) is 2.00. The molecule has 0 aliphatic carbocycles. The van der Waals surface area contributed by atoms with E-state index in [1.165, 1.54) is 0 Å². The van der Waals surface area contributed by atoms with Crippen molar-refractivity contribution in [1.29, 1.82) is 0 Å². The molecule has 1 N–H and O–H groups in total. The lowest BCUT2D eigenvalue weighted by molar-refractivity contribution is 0.0368. The summed E-state index contributed by atoms with van der Waals surface area (Å²) in [5, 5.41) is 9.44. The summed E-state index contributed by atoms with van der Waals surface area (Å²) in [5.41, 5.74) is 2.87. The molecule has 1 aliphatic heterocycles. The molecular weight excluding hydrogens is 318 g/mol. The number of aryl methyl sites for hydroxylation is 2. The van der Waals surface area contributed by atoms with Crippen molar-refractivity contribution in [2.75, 3.05) is 26.2 Å². The van der Waals surface area contributed by atoms with Gasteiger partial charge in [-0.15, -0.1) is 0 Å². The highest BCUT2D eigenvalue weighted by Crippen LogP contribution is 2.19. The van der Waals surface area contributed by atoms with Crippen LogP contribution in [0.1, 0.15) is 33.9 Å². The Labute approximate surface area is 148 Å². The summed E-state index contributed by atoms with van der Waals surface area (Å²) >= 11 is 0. The van der Waals surface area contributed by atoms with Crippen molar-refractivity contribution in [1.82, 2.24) is 14.8 Å². The van der Waals surface area contributed by atoms with Gasteiger partial charge in [0.15, 0.2) is 5.76 Å². The third kappa shape index (κ3) is 4.08. The number of piperazine rings is 1. The number of nitrogens with zero attached hydrogens (tertiary/aromatic N) is 3. The SMILES string of the molecule is Cc1cccc(CN2CCN(C(=O)c3occc3C)C[C@@H]2CCO)n1. The van der Waals surface area contributed by atoms with Gasteiger partial charge in [0.05, 0.1) is 12.0 Å². The minimum atomic E-state index is -0.0706. The summed E-state index contributed by atoms with van der Waals surface area (Å²) in [5.74, 6) is 0.343. The highest BCUT2D eigenvalue weighted by molar-refractivity contribution is 5.92. The maximum absolute atomic E-state index is 12.7. The maximum atomic E-state index is 12.7. The Morgan fingerprint density at radius 1 is 1.32 bits per heavy atom. The first kappa shape index (κ1) is 17.6. The lowest BCUT2D eigenvalue weighted by atomic mass is 10.1. The Morgan fingerprint density at radius 3 is 2.84 bits per heavy atom. The number of amides is 1. The molecule has 2 aromatic rings. The second-order valence-electron chi connectivity index (χ2n) is 6.59. The molecule has 0 radical (unpaired) electrons. The molecule has 6 nitrogen and oxygen atoms in total. The molecule has 0 saturated carbocycles. The molecule has 1 fully saturated rings. The van der Waals surface area contributed by atoms with Gasteiger partial charge in [-0.2, -0.15) is 0 Å². The molecule has 1 saturated heterocycles. The minimum Gasteiger partial charge on any atom is -0.459 e. The Hall–Kier alpha value is -2.18. The Kier molecular flexibility index (Phi) is 5.50. The van der Waals surface area contributed by atoms with Gasteiger partial charge >= 0.3 is 0 Å². The van der Waals surface area contributed by atoms with Gasteiger partial charge < -0.3 is 14.4 Å². The molecule has 1 atom stereocenters. The summed E-state index contributed by atoms with van der Waals surface area (Å²) in [6.07, 6.45) is 2.18. The molecule has 0 spiro atoms. The highest BCUT2D eigenvalue weighted by Gasteiger charge is 2.31. The number of pyridine rings is 1. The van der Waals surface area contributed by atoms with Gasteiger partial charge in [-0.1, -0.05) is 6.07 Å². The zero-order valence-electron chi connectivity index (χ0n) is 14.8. The molecule has 25 heavy (non-hydrogen) atoms. The Morgan fingerprint density at radius 2 is 2.16 bits per heavy atom. The van der Waals surface area contributed by atoms with E-state index < -0.39 is 0 Å². The number of aromatic nitrogens is 1. The van der Waals surface area contributed by atoms with Crippen LogP contribution >= 0.6 is 0 Å². The number of hydrogen-bond acceptors (Lipinski definition) is 5. The number of hydrogen-bond donors (Lipinski definition) is 1. The van der Waals surface area contributed by atoms with E-state index in [4.69, 9.17) is 4.42 Å². The molecule has 0 bridgehead atoms. The van der Waals surface area contributed by atoms with Gasteiger partial charge in [0.1, 0.15) is 0 Å². The third-order valence-corrected chi connectivity index (χ3v) is 4.72. The van der Waals surface area contributed by atoms with Crippen LogP contribution in [0.4, 0.5) is 0 Å². The Bertz CT molecular complexity index is 728. The molecule has 134 valence electrons. The number of furan rings is 1. The van der Waals surface area contributed by atoms with Crippen molar-refractivity contribution < 1.29 is 14.3 Å². The summed E-state index contributed by atoms with van der Waals surface area (Å²) in [7, 11) is 0. The van der Waals surface area contributed by atoms with Crippen LogP contribution in [-0.4, -0.2) is 58.1 Å². The second-order valence-corrected chi connectivity index (χ2v) is 6.59. The van der Waals surface area contributed by atoms with Gasteiger partial charge in [0.2, 0.25) is 0 Å². The molecule has 0 unspecified atom stereocenters. The van der Waals surface area contributed by atoms with E-state index >= 15 is 0 Å². The van der Waals surface area contributed by atoms with Crippen molar-refractivity contribution in [2.45, 2.75) is 32.9 Å². The molecule has 3 rings (SSSR count). The van der Waals surface area contributed by atoms with Crippen molar-refractivity contribution in [2.24, 2.45) is 0 Å². The third-order valence-electron chi connectivity index (χ3n) is 4.72. The summed E-state index contributed by atoms with van der Waals surface area (Å²) in [6, 6.07) is 7.93. The predicted molar refractivity (Wildman–Crippen MR) is 94.2 cm³/mol. The van der Waals surface area contributed by atoms with Gasteiger partial charge in [0.25, 0.3) is 5.91 Å². The van der Waals surface area contributed by atoms with E-state index in [1.807, 2.05) is 36.9 Å². The van der Waals surface area contributed by atoms with Crippen LogP contribution in [0.2, 0.25) is 0 Å². The number of aliphatic hydroxyl groups excluding tert-OH is 1. The van der Waals surface area contributed by atoms with E-state index in [9.17, 15) is 9.90 Å². The summed E-state index contributed by atoms with van der Waals surface area (Å²) in [6.45, 7) is 6.68. The monoisotopic (exact) mass is 343 g/mol. The van der Waals surface area contributed by atoms with Crippen molar-refractivity contribution in [3.63, 3.8) is 0 Å². The number of carbonyl (C=O) groups is 1. The van der Waals surface area contributed by atoms with E-state index in [2.05, 4.69) is 9.88 Å². The van der Waals surface area contributed by atoms with E-state index in [1.54, 1.807) is 12.3 Å². The van der Waals surface area contributed by atoms with Gasteiger partial charge in [-0.05, 0) is 38.5 Å². The van der Waals surface area contributed by atoms with Crippen LogP contribution in [0.3, 0.4) is 0 Å². The zero-order valence-corrected chi connectivity index (χ0v) is 14.8. The van der Waals surface area contributed by atoms with Crippen LogP contribution in [-0.2, 0) is 6.54 Å². The number of rotatable bonds is 5. The van der Waals surface area contributed by atoms with E-state index in [0.717, 1.165) is 30.0 Å². The van der Waals surface area contributed by atoms with Crippen LogP contribution in [0.5, 0.6) is 0 Å². The van der Waals surface area contributed by atoms with Crippen LogP contribution in [0, 0.1) is 13.8 Å². The van der Waals surface area contributed by atoms with Crippen LogP contribution in [0.25, 0.3) is 0 Å². The fourth-order valence-electron chi connectivity index (χ4n) is 3.34. The fraction of sp³-hybridized carbons (Fsp3) is 0.474. The Balaban J connectivity index is 1.70. The average Bonchev–Trinajstić information content (AvgIpc) is 3.02. The first-order valence-corrected chi connectivity index (χ1v) is 8.69. The van der Waals surface area contributed by atoms with E-state index in [-0.39, 0.29) is 18.6 Å². The van der Waals surface area contributed by atoms with Crippen molar-refractivity contribution in [3.05, 3.63) is 53.2 Å². The molecule has 0 aromatic carbocycles.